The molecule has 136 valence electrons. The van der Waals surface area contributed by atoms with E-state index in [0.29, 0.717) is 6.61 Å². The highest BCUT2D eigenvalue weighted by Gasteiger charge is 2.14. The van der Waals surface area contributed by atoms with Gasteiger partial charge in [-0.3, -0.25) is 4.79 Å². The van der Waals surface area contributed by atoms with E-state index < -0.39 is 0 Å². The Morgan fingerprint density at radius 3 is 2.77 bits per heavy atom. The van der Waals surface area contributed by atoms with Gasteiger partial charge >= 0.3 is 5.97 Å². The van der Waals surface area contributed by atoms with Crippen molar-refractivity contribution < 1.29 is 14.3 Å². The molecular weight excluding hydrogens is 348 g/mol. The van der Waals surface area contributed by atoms with Crippen LogP contribution >= 0.6 is 11.8 Å². The lowest BCUT2D eigenvalue weighted by Gasteiger charge is -2.11. The highest BCUT2D eigenvalue weighted by molar-refractivity contribution is 7.99. The van der Waals surface area contributed by atoms with Crippen LogP contribution in [0.1, 0.15) is 11.1 Å². The van der Waals surface area contributed by atoms with Gasteiger partial charge < -0.3 is 14.0 Å². The molecule has 3 rings (SSSR count). The van der Waals surface area contributed by atoms with Crippen LogP contribution in [0.15, 0.2) is 47.6 Å². The molecule has 26 heavy (non-hydrogen) atoms. The number of methoxy groups -OCH3 is 1. The van der Waals surface area contributed by atoms with E-state index >= 15 is 0 Å². The van der Waals surface area contributed by atoms with Crippen molar-refractivity contribution in [2.24, 2.45) is 0 Å². The lowest BCUT2D eigenvalue weighted by Crippen LogP contribution is -2.12. The van der Waals surface area contributed by atoms with Gasteiger partial charge in [-0.25, -0.2) is 4.98 Å². The molecule has 0 amide bonds. The molecule has 0 radical (unpaired) electrons. The summed E-state index contributed by atoms with van der Waals surface area (Å²) in [7, 11) is 1.40. The normalized spacial score (nSPS) is 10.9. The van der Waals surface area contributed by atoms with Crippen LogP contribution in [-0.4, -0.2) is 35.0 Å². The number of nitrogens with zero attached hydrogens (tertiary/aromatic N) is 2. The van der Waals surface area contributed by atoms with Gasteiger partial charge in [0.05, 0.1) is 24.8 Å². The van der Waals surface area contributed by atoms with E-state index in [0.717, 1.165) is 33.3 Å². The lowest BCUT2D eigenvalue weighted by molar-refractivity contribution is -0.141. The number of ether oxygens (including phenoxy) is 2. The zero-order valence-electron chi connectivity index (χ0n) is 15.2. The fourth-order valence-electron chi connectivity index (χ4n) is 2.68. The third kappa shape index (κ3) is 4.02. The van der Waals surface area contributed by atoms with Gasteiger partial charge in [-0.2, -0.15) is 0 Å². The van der Waals surface area contributed by atoms with Crippen molar-refractivity contribution in [3.8, 4) is 5.75 Å². The second kappa shape index (κ2) is 8.27. The summed E-state index contributed by atoms with van der Waals surface area (Å²) in [6, 6.07) is 13.8. The van der Waals surface area contributed by atoms with Crippen LogP contribution in [0.5, 0.6) is 5.75 Å². The minimum absolute atomic E-state index is 0.150. The van der Waals surface area contributed by atoms with Crippen molar-refractivity contribution in [3.63, 3.8) is 0 Å². The molecule has 0 aliphatic carbocycles. The molecule has 0 atom stereocenters. The van der Waals surface area contributed by atoms with Crippen molar-refractivity contribution in [3.05, 3.63) is 53.6 Å². The Morgan fingerprint density at radius 2 is 1.96 bits per heavy atom. The molecule has 0 bridgehead atoms. The average Bonchev–Trinajstić information content (AvgIpc) is 2.99. The van der Waals surface area contributed by atoms with E-state index in [-0.39, 0.29) is 12.5 Å². The number of fused-ring (bicyclic) bond motifs is 1. The van der Waals surface area contributed by atoms with Crippen LogP contribution in [0.25, 0.3) is 11.0 Å². The molecule has 0 unspecified atom stereocenters. The minimum atomic E-state index is -0.290. The van der Waals surface area contributed by atoms with Crippen LogP contribution in [0.3, 0.4) is 0 Å². The zero-order valence-corrected chi connectivity index (χ0v) is 16.0. The van der Waals surface area contributed by atoms with Crippen molar-refractivity contribution >= 4 is 28.8 Å². The Hall–Kier alpha value is -2.47. The van der Waals surface area contributed by atoms with E-state index in [1.807, 2.05) is 41.0 Å². The van der Waals surface area contributed by atoms with Gasteiger partial charge in [0.25, 0.3) is 0 Å². The summed E-state index contributed by atoms with van der Waals surface area (Å²) in [5, 5.41) is 0.793. The van der Waals surface area contributed by atoms with Crippen molar-refractivity contribution in [2.45, 2.75) is 25.5 Å². The first kappa shape index (κ1) is 18.3. The van der Waals surface area contributed by atoms with E-state index in [1.165, 1.54) is 12.7 Å². The molecule has 5 nitrogen and oxygen atoms in total. The maximum atomic E-state index is 11.8. The van der Waals surface area contributed by atoms with Gasteiger partial charge in [0, 0.05) is 5.75 Å². The molecule has 3 aromatic rings. The largest absolute Gasteiger partial charge is 0.492 e. The van der Waals surface area contributed by atoms with E-state index in [9.17, 15) is 4.79 Å². The summed E-state index contributed by atoms with van der Waals surface area (Å²) < 4.78 is 12.6. The minimum Gasteiger partial charge on any atom is -0.492 e. The molecule has 0 saturated carbocycles. The van der Waals surface area contributed by atoms with Crippen molar-refractivity contribution in [1.29, 1.82) is 0 Å². The Labute approximate surface area is 157 Å². The molecule has 0 spiro atoms. The zero-order chi connectivity index (χ0) is 18.5. The predicted octanol–water partition coefficient (Wildman–Crippen LogP) is 4.00. The molecule has 0 aliphatic rings. The number of hydrogen-bond donors (Lipinski definition) is 0. The van der Waals surface area contributed by atoms with Crippen LogP contribution in [0, 0.1) is 13.8 Å². The summed E-state index contributed by atoms with van der Waals surface area (Å²) in [5.41, 5.74) is 4.18. The first-order valence-electron chi connectivity index (χ1n) is 8.44. The quantitative estimate of drug-likeness (QED) is 0.357. The Morgan fingerprint density at radius 1 is 1.15 bits per heavy atom. The van der Waals surface area contributed by atoms with Crippen molar-refractivity contribution in [2.75, 3.05) is 19.5 Å². The summed E-state index contributed by atoms with van der Waals surface area (Å²) in [6.45, 7) is 4.85. The number of esters is 1. The van der Waals surface area contributed by atoms with E-state index in [4.69, 9.17) is 9.47 Å². The topological polar surface area (TPSA) is 53.4 Å². The second-order valence-corrected chi connectivity index (χ2v) is 7.00. The maximum absolute atomic E-state index is 11.8. The lowest BCUT2D eigenvalue weighted by atomic mass is 10.1. The third-order valence-electron chi connectivity index (χ3n) is 4.26. The number of aryl methyl sites for hydroxylation is 1. The summed E-state index contributed by atoms with van der Waals surface area (Å²) in [5.74, 6) is 1.35. The van der Waals surface area contributed by atoms with Gasteiger partial charge in [0.1, 0.15) is 12.3 Å². The summed E-state index contributed by atoms with van der Waals surface area (Å²) in [4.78, 5) is 16.4. The number of benzene rings is 2. The van der Waals surface area contributed by atoms with Gasteiger partial charge in [-0.1, -0.05) is 36.0 Å². The Bertz CT molecular complexity index is 921. The molecule has 0 N–H and O–H groups in total. The summed E-state index contributed by atoms with van der Waals surface area (Å²) in [6.07, 6.45) is 0. The molecule has 1 aromatic heterocycles. The smallest absolute Gasteiger partial charge is 0.325 e. The van der Waals surface area contributed by atoms with Crippen LogP contribution < -0.4 is 4.74 Å². The standard InChI is InChI=1S/C20H22N2O3S/c1-14-7-6-10-18(15(14)2)25-11-12-26-20-21-16-8-4-5-9-17(16)22(20)13-19(23)24-3/h4-10H,11-13H2,1-3H3. The maximum Gasteiger partial charge on any atom is 0.325 e. The van der Waals surface area contributed by atoms with E-state index in [1.54, 1.807) is 11.8 Å². The molecule has 2 aromatic carbocycles. The number of carbonyl (C=O) groups is 1. The highest BCUT2D eigenvalue weighted by atomic mass is 32.2. The highest BCUT2D eigenvalue weighted by Crippen LogP contribution is 2.25. The Kier molecular flexibility index (Phi) is 5.83. The number of hydrogen-bond acceptors (Lipinski definition) is 5. The van der Waals surface area contributed by atoms with Crippen LogP contribution in [0.4, 0.5) is 0 Å². The molecular formula is C20H22N2O3S. The fraction of sp³-hybridized carbons (Fsp3) is 0.300. The first-order chi connectivity index (χ1) is 12.6. The van der Waals surface area contributed by atoms with Crippen LogP contribution in [0.2, 0.25) is 0 Å². The van der Waals surface area contributed by atoms with Gasteiger partial charge in [-0.05, 0) is 43.2 Å². The van der Waals surface area contributed by atoms with E-state index in [2.05, 4.69) is 24.9 Å². The number of thioether (sulfide) groups is 1. The number of aromatic nitrogens is 2. The first-order valence-corrected chi connectivity index (χ1v) is 9.42. The Balaban J connectivity index is 1.69. The fourth-order valence-corrected chi connectivity index (χ4v) is 3.51. The van der Waals surface area contributed by atoms with Crippen molar-refractivity contribution in [1.82, 2.24) is 9.55 Å². The number of imidazole rings is 1. The molecule has 6 heteroatoms. The number of carbonyl (C=O) groups excluding carboxylic acids is 1. The average molecular weight is 370 g/mol. The van der Waals surface area contributed by atoms with Crippen LogP contribution in [-0.2, 0) is 16.1 Å². The molecule has 0 saturated heterocycles. The summed E-state index contributed by atoms with van der Waals surface area (Å²) >= 11 is 1.57. The SMILES string of the molecule is COC(=O)Cn1c(SCCOc2cccc(C)c2C)nc2ccccc21. The number of para-hydroxylation sites is 2. The van der Waals surface area contributed by atoms with Gasteiger partial charge in [-0.15, -0.1) is 0 Å². The molecule has 0 aliphatic heterocycles. The van der Waals surface area contributed by atoms with Gasteiger partial charge in [0.2, 0.25) is 0 Å². The monoisotopic (exact) mass is 370 g/mol. The second-order valence-electron chi connectivity index (χ2n) is 5.94. The third-order valence-corrected chi connectivity index (χ3v) is 5.20. The molecule has 0 fully saturated rings. The molecule has 1 heterocycles. The van der Waals surface area contributed by atoms with Gasteiger partial charge in [0.15, 0.2) is 5.16 Å². The number of rotatable bonds is 7. The predicted molar refractivity (Wildman–Crippen MR) is 104 cm³/mol.